The summed E-state index contributed by atoms with van der Waals surface area (Å²) in [4.78, 5) is 15.8. The van der Waals surface area contributed by atoms with Crippen LogP contribution >= 0.6 is 11.6 Å². The van der Waals surface area contributed by atoms with Gasteiger partial charge < -0.3 is 15.0 Å². The minimum absolute atomic E-state index is 0.151. The molecule has 0 fully saturated rings. The Morgan fingerprint density at radius 2 is 1.97 bits per heavy atom. The van der Waals surface area contributed by atoms with Crippen molar-refractivity contribution in [3.8, 4) is 22.6 Å². The summed E-state index contributed by atoms with van der Waals surface area (Å²) in [5.41, 5.74) is 6.16. The summed E-state index contributed by atoms with van der Waals surface area (Å²) < 4.78 is 7.75. The minimum Gasteiger partial charge on any atom is -0.496 e. The summed E-state index contributed by atoms with van der Waals surface area (Å²) in [6.45, 7) is 4.04. The SMILES string of the molecule is COc1c(C(C)Nc2ncnc3nc[nH]c23)cc(Cl)c(C)c1-c1ccc(-n2cccn2)cc1. The predicted octanol–water partition coefficient (Wildman–Crippen LogP) is 5.35. The van der Waals surface area contributed by atoms with E-state index in [9.17, 15) is 0 Å². The number of aromatic nitrogens is 6. The van der Waals surface area contributed by atoms with Crippen molar-refractivity contribution in [3.05, 3.63) is 77.6 Å². The molecule has 0 bridgehead atoms. The summed E-state index contributed by atoms with van der Waals surface area (Å²) in [6, 6.07) is 11.9. The van der Waals surface area contributed by atoms with Crippen molar-refractivity contribution >= 4 is 28.6 Å². The molecule has 0 radical (unpaired) electrons. The van der Waals surface area contributed by atoms with Gasteiger partial charge in [-0.15, -0.1) is 0 Å². The molecule has 33 heavy (non-hydrogen) atoms. The Morgan fingerprint density at radius 1 is 1.15 bits per heavy atom. The topological polar surface area (TPSA) is 93.5 Å². The number of aromatic amines is 1. The van der Waals surface area contributed by atoms with Crippen LogP contribution in [-0.4, -0.2) is 36.8 Å². The molecule has 3 aromatic heterocycles. The summed E-state index contributed by atoms with van der Waals surface area (Å²) in [6.07, 6.45) is 6.76. The number of imidazole rings is 1. The van der Waals surface area contributed by atoms with Gasteiger partial charge in [0.25, 0.3) is 0 Å². The zero-order chi connectivity index (χ0) is 22.9. The summed E-state index contributed by atoms with van der Waals surface area (Å²) in [7, 11) is 1.68. The van der Waals surface area contributed by atoms with Crippen molar-refractivity contribution in [3.63, 3.8) is 0 Å². The minimum atomic E-state index is -0.151. The van der Waals surface area contributed by atoms with Crippen LogP contribution in [0, 0.1) is 6.92 Å². The molecule has 2 N–H and O–H groups in total. The normalized spacial score (nSPS) is 12.1. The fraction of sp³-hybridized carbons (Fsp3) is 0.167. The highest BCUT2D eigenvalue weighted by atomic mass is 35.5. The van der Waals surface area contributed by atoms with Gasteiger partial charge in [0.15, 0.2) is 11.5 Å². The summed E-state index contributed by atoms with van der Waals surface area (Å²) >= 11 is 6.70. The van der Waals surface area contributed by atoms with Crippen LogP contribution in [-0.2, 0) is 0 Å². The van der Waals surface area contributed by atoms with Gasteiger partial charge in [0.1, 0.15) is 17.6 Å². The van der Waals surface area contributed by atoms with Gasteiger partial charge in [0.05, 0.1) is 25.2 Å². The van der Waals surface area contributed by atoms with Crippen LogP contribution in [0.25, 0.3) is 28.0 Å². The molecular weight excluding hydrogens is 438 g/mol. The number of fused-ring (bicyclic) bond motifs is 1. The van der Waals surface area contributed by atoms with Crippen LogP contribution in [0.5, 0.6) is 5.75 Å². The Labute approximate surface area is 195 Å². The first-order valence-corrected chi connectivity index (χ1v) is 10.8. The molecular formula is C24H22ClN7O. The maximum absolute atomic E-state index is 6.70. The molecule has 5 rings (SSSR count). The van der Waals surface area contributed by atoms with Crippen LogP contribution in [0.1, 0.15) is 24.1 Å². The molecule has 2 aromatic carbocycles. The quantitative estimate of drug-likeness (QED) is 0.355. The van der Waals surface area contributed by atoms with E-state index in [0.717, 1.165) is 39.2 Å². The number of halogens is 1. The molecule has 1 atom stereocenters. The van der Waals surface area contributed by atoms with Gasteiger partial charge >= 0.3 is 0 Å². The molecule has 0 aliphatic rings. The highest BCUT2D eigenvalue weighted by Crippen LogP contribution is 2.43. The maximum atomic E-state index is 6.70. The van der Waals surface area contributed by atoms with E-state index in [1.165, 1.54) is 6.33 Å². The number of H-pyrrole nitrogens is 1. The van der Waals surface area contributed by atoms with Crippen LogP contribution in [0.4, 0.5) is 5.82 Å². The first kappa shape index (κ1) is 21.0. The lowest BCUT2D eigenvalue weighted by Crippen LogP contribution is -2.11. The maximum Gasteiger partial charge on any atom is 0.182 e. The van der Waals surface area contributed by atoms with E-state index < -0.39 is 0 Å². The number of benzene rings is 2. The summed E-state index contributed by atoms with van der Waals surface area (Å²) in [5, 5.41) is 8.40. The molecule has 0 spiro atoms. The number of hydrogen-bond donors (Lipinski definition) is 2. The molecule has 9 heteroatoms. The predicted molar refractivity (Wildman–Crippen MR) is 129 cm³/mol. The summed E-state index contributed by atoms with van der Waals surface area (Å²) in [5.74, 6) is 1.42. The molecule has 0 saturated carbocycles. The molecule has 0 amide bonds. The van der Waals surface area contributed by atoms with Crippen molar-refractivity contribution in [2.75, 3.05) is 12.4 Å². The van der Waals surface area contributed by atoms with Gasteiger partial charge in [-0.1, -0.05) is 23.7 Å². The Morgan fingerprint density at radius 3 is 2.70 bits per heavy atom. The van der Waals surface area contributed by atoms with Crippen LogP contribution in [0.3, 0.4) is 0 Å². The highest BCUT2D eigenvalue weighted by molar-refractivity contribution is 6.32. The Hall–Kier alpha value is -3.91. The number of nitrogens with zero attached hydrogens (tertiary/aromatic N) is 5. The van der Waals surface area contributed by atoms with E-state index >= 15 is 0 Å². The van der Waals surface area contributed by atoms with E-state index in [-0.39, 0.29) is 6.04 Å². The molecule has 3 heterocycles. The monoisotopic (exact) mass is 459 g/mol. The molecule has 1 unspecified atom stereocenters. The van der Waals surface area contributed by atoms with Crippen molar-refractivity contribution in [1.82, 2.24) is 29.7 Å². The lowest BCUT2D eigenvalue weighted by molar-refractivity contribution is 0.409. The number of ether oxygens (including phenoxy) is 1. The van der Waals surface area contributed by atoms with Crippen molar-refractivity contribution in [1.29, 1.82) is 0 Å². The molecule has 0 aliphatic carbocycles. The second-order valence-electron chi connectivity index (χ2n) is 7.67. The standard InChI is InChI=1S/C24H22ClN7O/c1-14-19(25)11-18(15(2)31-24-21-23(27-12-26-21)28-13-29-24)22(33-3)20(14)16-5-7-17(8-6-16)32-10-4-9-30-32/h4-13,15H,1-3H3,(H2,26,27,28,29,31). The third-order valence-corrected chi connectivity index (χ3v) is 6.07. The van der Waals surface area contributed by atoms with E-state index in [2.05, 4.69) is 42.5 Å². The third-order valence-electron chi connectivity index (χ3n) is 5.68. The largest absolute Gasteiger partial charge is 0.496 e. The fourth-order valence-electron chi connectivity index (χ4n) is 3.99. The van der Waals surface area contributed by atoms with Crippen molar-refractivity contribution < 1.29 is 4.74 Å². The van der Waals surface area contributed by atoms with Crippen LogP contribution in [0.15, 0.2) is 61.4 Å². The zero-order valence-electron chi connectivity index (χ0n) is 18.4. The van der Waals surface area contributed by atoms with Gasteiger partial charge in [-0.25, -0.2) is 19.6 Å². The number of anilines is 1. The van der Waals surface area contributed by atoms with Gasteiger partial charge in [0.2, 0.25) is 0 Å². The average molecular weight is 460 g/mol. The fourth-order valence-corrected chi connectivity index (χ4v) is 4.21. The van der Waals surface area contributed by atoms with Gasteiger partial charge in [-0.3, -0.25) is 0 Å². The van der Waals surface area contributed by atoms with Crippen molar-refractivity contribution in [2.24, 2.45) is 0 Å². The molecule has 8 nitrogen and oxygen atoms in total. The molecule has 0 aliphatic heterocycles. The lowest BCUT2D eigenvalue weighted by atomic mass is 9.93. The number of rotatable bonds is 6. The number of hydrogen-bond acceptors (Lipinski definition) is 6. The average Bonchev–Trinajstić information content (AvgIpc) is 3.53. The lowest BCUT2D eigenvalue weighted by Gasteiger charge is -2.23. The van der Waals surface area contributed by atoms with E-state index in [1.807, 2.05) is 49.0 Å². The third kappa shape index (κ3) is 3.78. The van der Waals surface area contributed by atoms with Crippen molar-refractivity contribution in [2.45, 2.75) is 19.9 Å². The van der Waals surface area contributed by atoms with Gasteiger partial charge in [-0.05, 0) is 49.2 Å². The first-order valence-electron chi connectivity index (χ1n) is 10.4. The van der Waals surface area contributed by atoms with Gasteiger partial charge in [-0.2, -0.15) is 5.10 Å². The van der Waals surface area contributed by atoms with Gasteiger partial charge in [0, 0.05) is 28.5 Å². The van der Waals surface area contributed by atoms with E-state index in [4.69, 9.17) is 16.3 Å². The smallest absolute Gasteiger partial charge is 0.182 e. The Bertz CT molecular complexity index is 1410. The molecule has 0 saturated heterocycles. The van der Waals surface area contributed by atoms with E-state index in [1.54, 1.807) is 19.6 Å². The zero-order valence-corrected chi connectivity index (χ0v) is 19.1. The second-order valence-corrected chi connectivity index (χ2v) is 8.08. The number of methoxy groups -OCH3 is 1. The first-order chi connectivity index (χ1) is 16.1. The highest BCUT2D eigenvalue weighted by Gasteiger charge is 2.22. The van der Waals surface area contributed by atoms with Crippen LogP contribution < -0.4 is 10.1 Å². The Kier molecular flexibility index (Phi) is 5.43. The Balaban J connectivity index is 1.56. The number of nitrogens with one attached hydrogen (secondary N) is 2. The van der Waals surface area contributed by atoms with E-state index in [0.29, 0.717) is 16.5 Å². The second kappa shape index (κ2) is 8.55. The molecule has 166 valence electrons. The van der Waals surface area contributed by atoms with Crippen LogP contribution in [0.2, 0.25) is 5.02 Å². The molecule has 5 aromatic rings.